The van der Waals surface area contributed by atoms with Crippen molar-refractivity contribution in [2.75, 3.05) is 26.2 Å². The van der Waals surface area contributed by atoms with Crippen LogP contribution in [0.25, 0.3) is 0 Å². The van der Waals surface area contributed by atoms with Gasteiger partial charge in [0, 0.05) is 44.9 Å². The minimum absolute atomic E-state index is 0.121. The van der Waals surface area contributed by atoms with Crippen LogP contribution in [0.15, 0.2) is 4.52 Å². The highest BCUT2D eigenvalue weighted by Gasteiger charge is 2.30. The topological polar surface area (TPSA) is 79.5 Å². The number of hydrogen-bond donors (Lipinski definition) is 0. The van der Waals surface area contributed by atoms with E-state index in [1.807, 2.05) is 23.6 Å². The van der Waals surface area contributed by atoms with Crippen molar-refractivity contribution in [1.82, 2.24) is 19.9 Å². The van der Waals surface area contributed by atoms with Gasteiger partial charge in [0.05, 0.1) is 5.92 Å². The second-order valence-corrected chi connectivity index (χ2v) is 7.06. The van der Waals surface area contributed by atoms with Crippen molar-refractivity contribution < 1.29 is 14.1 Å². The zero-order chi connectivity index (χ0) is 17.1. The second-order valence-electron chi connectivity index (χ2n) is 7.06. The van der Waals surface area contributed by atoms with Crippen LogP contribution in [-0.4, -0.2) is 57.9 Å². The van der Waals surface area contributed by atoms with Crippen LogP contribution in [0.2, 0.25) is 0 Å². The van der Waals surface area contributed by atoms with Gasteiger partial charge in [-0.25, -0.2) is 0 Å². The van der Waals surface area contributed by atoms with Gasteiger partial charge in [0.2, 0.25) is 17.7 Å². The highest BCUT2D eigenvalue weighted by atomic mass is 16.5. The first-order chi connectivity index (χ1) is 11.5. The van der Waals surface area contributed by atoms with Gasteiger partial charge in [-0.15, -0.1) is 0 Å². The molecule has 1 aromatic heterocycles. The fourth-order valence-electron chi connectivity index (χ4n) is 3.37. The van der Waals surface area contributed by atoms with Crippen LogP contribution in [0.4, 0.5) is 0 Å². The fraction of sp³-hybridized carbons (Fsp3) is 0.765. The Hall–Kier alpha value is -1.92. The average Bonchev–Trinajstić information content (AvgIpc) is 3.19. The van der Waals surface area contributed by atoms with E-state index in [0.29, 0.717) is 31.8 Å². The van der Waals surface area contributed by atoms with Crippen molar-refractivity contribution in [2.45, 2.75) is 57.8 Å². The lowest BCUT2D eigenvalue weighted by atomic mass is 9.97. The Morgan fingerprint density at radius 2 is 1.92 bits per heavy atom. The molecule has 7 heteroatoms. The van der Waals surface area contributed by atoms with Gasteiger partial charge in [0.1, 0.15) is 0 Å². The Morgan fingerprint density at radius 1 is 1.17 bits per heavy atom. The number of nitrogens with zero attached hydrogens (tertiary/aromatic N) is 4. The van der Waals surface area contributed by atoms with Crippen molar-refractivity contribution in [1.29, 1.82) is 0 Å². The Balaban J connectivity index is 1.53. The summed E-state index contributed by atoms with van der Waals surface area (Å²) < 4.78 is 5.40. The molecular weight excluding hydrogens is 308 g/mol. The standard InChI is InChI=1S/C17H26N4O3/c1-12(2)16-18-17(24-19-16)13-6-7-15(23)21(11-13)10-4-9-20-8-3-5-14(20)22/h12-13H,3-11H2,1-2H3/t13-/m1/s1. The Morgan fingerprint density at radius 3 is 2.58 bits per heavy atom. The molecule has 0 unspecified atom stereocenters. The van der Waals surface area contributed by atoms with Gasteiger partial charge in [-0.1, -0.05) is 19.0 Å². The van der Waals surface area contributed by atoms with E-state index in [4.69, 9.17) is 4.52 Å². The summed E-state index contributed by atoms with van der Waals surface area (Å²) in [4.78, 5) is 32.0. The molecule has 7 nitrogen and oxygen atoms in total. The minimum Gasteiger partial charge on any atom is -0.343 e. The highest BCUT2D eigenvalue weighted by molar-refractivity contribution is 5.78. The number of carbonyl (C=O) groups excluding carboxylic acids is 2. The van der Waals surface area contributed by atoms with Gasteiger partial charge in [0.15, 0.2) is 5.82 Å². The third kappa shape index (κ3) is 3.76. The van der Waals surface area contributed by atoms with Crippen LogP contribution >= 0.6 is 0 Å². The highest BCUT2D eigenvalue weighted by Crippen LogP contribution is 2.27. The first kappa shape index (κ1) is 16.9. The molecule has 2 aliphatic heterocycles. The van der Waals surface area contributed by atoms with Crippen LogP contribution in [0.1, 0.15) is 69.5 Å². The molecule has 0 N–H and O–H groups in total. The van der Waals surface area contributed by atoms with E-state index < -0.39 is 0 Å². The van der Waals surface area contributed by atoms with Gasteiger partial charge in [0.25, 0.3) is 0 Å². The lowest BCUT2D eigenvalue weighted by Gasteiger charge is -2.31. The van der Waals surface area contributed by atoms with Gasteiger partial charge >= 0.3 is 0 Å². The van der Waals surface area contributed by atoms with Crippen LogP contribution < -0.4 is 0 Å². The lowest BCUT2D eigenvalue weighted by molar-refractivity contribution is -0.134. The summed E-state index contributed by atoms with van der Waals surface area (Å²) in [6.45, 7) is 6.98. The zero-order valence-electron chi connectivity index (χ0n) is 14.5. The van der Waals surface area contributed by atoms with E-state index in [-0.39, 0.29) is 23.7 Å². The monoisotopic (exact) mass is 334 g/mol. The average molecular weight is 334 g/mol. The lowest BCUT2D eigenvalue weighted by Crippen LogP contribution is -2.40. The summed E-state index contributed by atoms with van der Waals surface area (Å²) in [6, 6.07) is 0. The predicted molar refractivity (Wildman–Crippen MR) is 87.4 cm³/mol. The minimum atomic E-state index is 0.121. The van der Waals surface area contributed by atoms with E-state index >= 15 is 0 Å². The maximum atomic E-state index is 12.2. The quantitative estimate of drug-likeness (QED) is 0.794. The van der Waals surface area contributed by atoms with Crippen LogP contribution in [0, 0.1) is 0 Å². The molecule has 2 saturated heterocycles. The van der Waals surface area contributed by atoms with E-state index in [9.17, 15) is 9.59 Å². The maximum Gasteiger partial charge on any atom is 0.231 e. The first-order valence-corrected chi connectivity index (χ1v) is 8.93. The Labute approximate surface area is 142 Å². The third-order valence-electron chi connectivity index (χ3n) is 4.85. The largest absolute Gasteiger partial charge is 0.343 e. The third-order valence-corrected chi connectivity index (χ3v) is 4.85. The second kappa shape index (κ2) is 7.32. The summed E-state index contributed by atoms with van der Waals surface area (Å²) in [5.74, 6) is 2.15. The molecule has 0 aromatic carbocycles. The molecule has 3 heterocycles. The molecule has 3 rings (SSSR count). The SMILES string of the molecule is CC(C)c1noc([C@@H]2CCC(=O)N(CCCN3CCCC3=O)C2)n1. The number of rotatable bonds is 6. The van der Waals surface area contributed by atoms with E-state index in [0.717, 1.165) is 38.2 Å². The predicted octanol–water partition coefficient (Wildman–Crippen LogP) is 1.91. The van der Waals surface area contributed by atoms with Crippen molar-refractivity contribution in [3.05, 3.63) is 11.7 Å². The number of likely N-dealkylation sites (tertiary alicyclic amines) is 2. The molecular formula is C17H26N4O3. The molecule has 0 bridgehead atoms. The zero-order valence-corrected chi connectivity index (χ0v) is 14.5. The Kier molecular flexibility index (Phi) is 5.16. The van der Waals surface area contributed by atoms with Crippen LogP contribution in [0.3, 0.4) is 0 Å². The number of amides is 2. The van der Waals surface area contributed by atoms with Crippen molar-refractivity contribution >= 4 is 11.8 Å². The summed E-state index contributed by atoms with van der Waals surface area (Å²) >= 11 is 0. The van der Waals surface area contributed by atoms with E-state index in [2.05, 4.69) is 10.1 Å². The molecule has 24 heavy (non-hydrogen) atoms. The summed E-state index contributed by atoms with van der Waals surface area (Å²) in [6.07, 6.45) is 3.73. The summed E-state index contributed by atoms with van der Waals surface area (Å²) in [7, 11) is 0. The molecule has 0 saturated carbocycles. The van der Waals surface area contributed by atoms with Crippen LogP contribution in [-0.2, 0) is 9.59 Å². The normalized spacial score (nSPS) is 22.0. The van der Waals surface area contributed by atoms with E-state index in [1.54, 1.807) is 0 Å². The molecule has 132 valence electrons. The molecule has 1 atom stereocenters. The molecule has 2 amide bonds. The maximum absolute atomic E-state index is 12.2. The summed E-state index contributed by atoms with van der Waals surface area (Å²) in [5, 5.41) is 4.02. The smallest absolute Gasteiger partial charge is 0.231 e. The number of hydrogen-bond acceptors (Lipinski definition) is 5. The van der Waals surface area contributed by atoms with Crippen molar-refractivity contribution in [2.24, 2.45) is 0 Å². The van der Waals surface area contributed by atoms with E-state index in [1.165, 1.54) is 0 Å². The fourth-order valence-corrected chi connectivity index (χ4v) is 3.37. The van der Waals surface area contributed by atoms with Crippen molar-refractivity contribution in [3.63, 3.8) is 0 Å². The molecule has 0 spiro atoms. The number of piperidine rings is 1. The number of carbonyl (C=O) groups is 2. The molecule has 2 aliphatic rings. The first-order valence-electron chi connectivity index (χ1n) is 8.93. The van der Waals surface area contributed by atoms with Gasteiger partial charge in [-0.2, -0.15) is 4.98 Å². The molecule has 2 fully saturated rings. The number of aromatic nitrogens is 2. The van der Waals surface area contributed by atoms with Gasteiger partial charge in [-0.3, -0.25) is 9.59 Å². The molecule has 1 aromatic rings. The van der Waals surface area contributed by atoms with Gasteiger partial charge in [-0.05, 0) is 19.3 Å². The van der Waals surface area contributed by atoms with Crippen molar-refractivity contribution in [3.8, 4) is 0 Å². The molecule has 0 radical (unpaired) electrons. The molecule has 0 aliphatic carbocycles. The van der Waals surface area contributed by atoms with Crippen LogP contribution in [0.5, 0.6) is 0 Å². The van der Waals surface area contributed by atoms with Gasteiger partial charge < -0.3 is 14.3 Å². The Bertz CT molecular complexity index is 598. The summed E-state index contributed by atoms with van der Waals surface area (Å²) in [5.41, 5.74) is 0.